The van der Waals surface area contributed by atoms with Crippen molar-refractivity contribution in [2.24, 2.45) is 0 Å². The Labute approximate surface area is 84.7 Å². The van der Waals surface area contributed by atoms with E-state index in [-0.39, 0.29) is 11.4 Å². The van der Waals surface area contributed by atoms with Gasteiger partial charge in [-0.05, 0) is 12.1 Å². The summed E-state index contributed by atoms with van der Waals surface area (Å²) in [5.41, 5.74) is 0.288. The summed E-state index contributed by atoms with van der Waals surface area (Å²) in [4.78, 5) is 15.0. The first kappa shape index (κ1) is 9.39. The molecule has 15 heavy (non-hydrogen) atoms. The molecular weight excluding hydrogens is 199 g/mol. The van der Waals surface area contributed by atoms with Crippen LogP contribution in [0.25, 0.3) is 0 Å². The highest BCUT2D eigenvalue weighted by Gasteiger charge is 2.08. The maximum Gasteiger partial charge on any atom is 0.291 e. The molecule has 0 bridgehead atoms. The lowest BCUT2D eigenvalue weighted by Gasteiger charge is -2.01. The van der Waals surface area contributed by atoms with Crippen molar-refractivity contribution in [3.05, 3.63) is 48.4 Å². The molecule has 0 radical (unpaired) electrons. The summed E-state index contributed by atoms with van der Waals surface area (Å²) in [6, 6.07) is 4.29. The summed E-state index contributed by atoms with van der Waals surface area (Å²) in [7, 11) is 0. The lowest BCUT2D eigenvalue weighted by Crippen LogP contribution is -2.11. The van der Waals surface area contributed by atoms with E-state index in [0.29, 0.717) is 0 Å². The topological polar surface area (TPSA) is 55.1 Å². The third-order valence-electron chi connectivity index (χ3n) is 1.71. The summed E-state index contributed by atoms with van der Waals surface area (Å²) < 4.78 is 17.6. The summed E-state index contributed by atoms with van der Waals surface area (Å²) in [6.07, 6.45) is 3.80. The molecule has 4 nitrogen and oxygen atoms in total. The maximum atomic E-state index is 12.7. The van der Waals surface area contributed by atoms with Gasteiger partial charge in [0, 0.05) is 6.07 Å². The molecule has 0 saturated carbocycles. The van der Waals surface area contributed by atoms with E-state index in [4.69, 9.17) is 4.42 Å². The second kappa shape index (κ2) is 3.91. The number of nitrogens with one attached hydrogen (secondary N) is 1. The Hall–Kier alpha value is -2.17. The van der Waals surface area contributed by atoms with E-state index in [1.807, 2.05) is 0 Å². The quantitative estimate of drug-likeness (QED) is 0.818. The number of anilines is 1. The Bertz CT molecular complexity index is 468. The molecule has 0 aliphatic heterocycles. The number of furan rings is 1. The Morgan fingerprint density at radius 1 is 1.47 bits per heavy atom. The van der Waals surface area contributed by atoms with E-state index in [0.717, 1.165) is 6.20 Å². The first-order valence-corrected chi connectivity index (χ1v) is 4.21. The van der Waals surface area contributed by atoms with Gasteiger partial charge in [0.25, 0.3) is 5.91 Å². The van der Waals surface area contributed by atoms with Gasteiger partial charge in [0.15, 0.2) is 5.76 Å². The number of aromatic nitrogens is 1. The van der Waals surface area contributed by atoms with Crippen LogP contribution in [0.2, 0.25) is 0 Å². The number of rotatable bonds is 2. The van der Waals surface area contributed by atoms with Crippen molar-refractivity contribution in [2.75, 3.05) is 5.32 Å². The second-order valence-corrected chi connectivity index (χ2v) is 2.82. The number of hydrogen-bond acceptors (Lipinski definition) is 3. The zero-order valence-corrected chi connectivity index (χ0v) is 7.61. The Morgan fingerprint density at radius 2 is 2.33 bits per heavy atom. The average Bonchev–Trinajstić information content (AvgIpc) is 2.70. The van der Waals surface area contributed by atoms with Crippen LogP contribution in [0.5, 0.6) is 0 Å². The van der Waals surface area contributed by atoms with Crippen LogP contribution in [-0.4, -0.2) is 10.9 Å². The van der Waals surface area contributed by atoms with Crippen molar-refractivity contribution in [3.63, 3.8) is 0 Å². The minimum Gasteiger partial charge on any atom is -0.459 e. The van der Waals surface area contributed by atoms with Crippen LogP contribution in [0.4, 0.5) is 10.1 Å². The lowest BCUT2D eigenvalue weighted by molar-refractivity contribution is 0.0996. The number of carbonyl (C=O) groups is 1. The van der Waals surface area contributed by atoms with Gasteiger partial charge in [0.1, 0.15) is 5.82 Å². The van der Waals surface area contributed by atoms with Crippen molar-refractivity contribution in [1.29, 1.82) is 0 Å². The zero-order chi connectivity index (χ0) is 10.7. The van der Waals surface area contributed by atoms with E-state index >= 15 is 0 Å². The van der Waals surface area contributed by atoms with Crippen LogP contribution >= 0.6 is 0 Å². The van der Waals surface area contributed by atoms with Gasteiger partial charge < -0.3 is 9.73 Å². The zero-order valence-electron chi connectivity index (χ0n) is 7.61. The lowest BCUT2D eigenvalue weighted by atomic mass is 10.3. The Balaban J connectivity index is 2.13. The molecule has 1 N–H and O–H groups in total. The van der Waals surface area contributed by atoms with E-state index in [1.54, 1.807) is 6.07 Å². The molecule has 1 amide bonds. The van der Waals surface area contributed by atoms with Crippen molar-refractivity contribution in [1.82, 2.24) is 4.98 Å². The molecular formula is C10H7FN2O2. The van der Waals surface area contributed by atoms with Crippen LogP contribution < -0.4 is 5.32 Å². The first-order chi connectivity index (χ1) is 7.25. The van der Waals surface area contributed by atoms with Gasteiger partial charge >= 0.3 is 0 Å². The highest BCUT2D eigenvalue weighted by Crippen LogP contribution is 2.09. The molecule has 5 heteroatoms. The largest absolute Gasteiger partial charge is 0.459 e. The summed E-state index contributed by atoms with van der Waals surface area (Å²) in [5, 5.41) is 2.45. The van der Waals surface area contributed by atoms with E-state index in [1.165, 1.54) is 24.6 Å². The Kier molecular flexibility index (Phi) is 2.45. The van der Waals surface area contributed by atoms with Crippen LogP contribution in [0.15, 0.2) is 41.3 Å². The molecule has 0 unspecified atom stereocenters. The summed E-state index contributed by atoms with van der Waals surface area (Å²) >= 11 is 0. The van der Waals surface area contributed by atoms with Crippen molar-refractivity contribution < 1.29 is 13.6 Å². The van der Waals surface area contributed by atoms with Crippen molar-refractivity contribution >= 4 is 11.6 Å². The molecule has 0 saturated heterocycles. The monoisotopic (exact) mass is 206 g/mol. The average molecular weight is 206 g/mol. The first-order valence-electron chi connectivity index (χ1n) is 4.21. The standard InChI is InChI=1S/C10H7FN2O2/c11-7-4-8(6-12-5-7)13-10(14)9-2-1-3-15-9/h1-6H,(H,13,14). The molecule has 2 aromatic rings. The van der Waals surface area contributed by atoms with Gasteiger partial charge in [-0.2, -0.15) is 0 Å². The van der Waals surface area contributed by atoms with E-state index < -0.39 is 11.7 Å². The van der Waals surface area contributed by atoms with Crippen LogP contribution in [-0.2, 0) is 0 Å². The maximum absolute atomic E-state index is 12.7. The third-order valence-corrected chi connectivity index (χ3v) is 1.71. The van der Waals surface area contributed by atoms with Gasteiger partial charge in [0.2, 0.25) is 0 Å². The Morgan fingerprint density at radius 3 is 3.00 bits per heavy atom. The molecule has 2 heterocycles. The van der Waals surface area contributed by atoms with Crippen LogP contribution in [0, 0.1) is 5.82 Å². The second-order valence-electron chi connectivity index (χ2n) is 2.82. The number of pyridine rings is 1. The minimum absolute atomic E-state index is 0.166. The molecule has 0 atom stereocenters. The molecule has 0 fully saturated rings. The summed E-state index contributed by atoms with van der Waals surface area (Å²) in [6.45, 7) is 0. The predicted octanol–water partition coefficient (Wildman–Crippen LogP) is 2.07. The summed E-state index contributed by atoms with van der Waals surface area (Å²) in [5.74, 6) is -0.779. The molecule has 2 rings (SSSR count). The van der Waals surface area contributed by atoms with Crippen molar-refractivity contribution in [2.45, 2.75) is 0 Å². The van der Waals surface area contributed by atoms with E-state index in [2.05, 4.69) is 10.3 Å². The molecule has 2 aromatic heterocycles. The van der Waals surface area contributed by atoms with Gasteiger partial charge in [-0.1, -0.05) is 0 Å². The highest BCUT2D eigenvalue weighted by molar-refractivity contribution is 6.02. The fourth-order valence-corrected chi connectivity index (χ4v) is 1.08. The molecule has 0 spiro atoms. The van der Waals surface area contributed by atoms with Crippen molar-refractivity contribution in [3.8, 4) is 0 Å². The minimum atomic E-state index is -0.507. The SMILES string of the molecule is O=C(Nc1cncc(F)c1)c1ccco1. The van der Waals surface area contributed by atoms with Gasteiger partial charge in [0.05, 0.1) is 24.3 Å². The van der Waals surface area contributed by atoms with E-state index in [9.17, 15) is 9.18 Å². The van der Waals surface area contributed by atoms with Gasteiger partial charge in [-0.3, -0.25) is 9.78 Å². The van der Waals surface area contributed by atoms with Gasteiger partial charge in [-0.25, -0.2) is 4.39 Å². The molecule has 0 aliphatic carbocycles. The molecule has 0 aromatic carbocycles. The number of carbonyl (C=O) groups excluding carboxylic acids is 1. The highest BCUT2D eigenvalue weighted by atomic mass is 19.1. The fraction of sp³-hybridized carbons (Fsp3) is 0. The number of amides is 1. The number of halogens is 1. The van der Waals surface area contributed by atoms with Crippen LogP contribution in [0.3, 0.4) is 0 Å². The van der Waals surface area contributed by atoms with Crippen LogP contribution in [0.1, 0.15) is 10.6 Å². The predicted molar refractivity (Wildman–Crippen MR) is 50.9 cm³/mol. The number of hydrogen-bond donors (Lipinski definition) is 1. The number of nitrogens with zero attached hydrogens (tertiary/aromatic N) is 1. The normalized spacial score (nSPS) is 9.93. The molecule has 0 aliphatic rings. The van der Waals surface area contributed by atoms with Gasteiger partial charge in [-0.15, -0.1) is 0 Å². The smallest absolute Gasteiger partial charge is 0.291 e. The fourth-order valence-electron chi connectivity index (χ4n) is 1.08. The third kappa shape index (κ3) is 2.19. The molecule has 76 valence electrons.